The summed E-state index contributed by atoms with van der Waals surface area (Å²) in [4.78, 5) is 22.1. The summed E-state index contributed by atoms with van der Waals surface area (Å²) in [5.74, 6) is -0.402. The maximum Gasteiger partial charge on any atom is 0.311 e. The van der Waals surface area contributed by atoms with Crippen LogP contribution in [0.25, 0.3) is 0 Å². The largest absolute Gasteiger partial charge is 0.497 e. The number of ether oxygens (including phenoxy) is 1. The van der Waals surface area contributed by atoms with Gasteiger partial charge in [-0.3, -0.25) is 14.9 Å². The third kappa shape index (κ3) is 2.76. The van der Waals surface area contributed by atoms with Gasteiger partial charge in [-0.05, 0) is 25.8 Å². The van der Waals surface area contributed by atoms with Gasteiger partial charge in [0.15, 0.2) is 0 Å². The molecule has 0 bridgehead atoms. The lowest BCUT2D eigenvalue weighted by molar-refractivity contribution is -0.384. The Bertz CT molecular complexity index is 574. The summed E-state index contributed by atoms with van der Waals surface area (Å²) in [6.07, 6.45) is 1.99. The quantitative estimate of drug-likeness (QED) is 0.639. The van der Waals surface area contributed by atoms with E-state index in [0.29, 0.717) is 24.3 Å². The molecule has 1 fully saturated rings. The molecular weight excluding hydrogens is 276 g/mol. The van der Waals surface area contributed by atoms with Gasteiger partial charge < -0.3 is 15.2 Å². The van der Waals surface area contributed by atoms with Gasteiger partial charge in [0.05, 0.1) is 17.4 Å². The molecule has 0 saturated heterocycles. The zero-order chi connectivity index (χ0) is 15.6. The third-order valence-corrected chi connectivity index (χ3v) is 4.18. The molecule has 0 amide bonds. The Labute approximate surface area is 122 Å². The van der Waals surface area contributed by atoms with Gasteiger partial charge >= 0.3 is 5.97 Å². The van der Waals surface area contributed by atoms with Crippen molar-refractivity contribution in [3.05, 3.63) is 28.3 Å². The molecule has 114 valence electrons. The van der Waals surface area contributed by atoms with Crippen molar-refractivity contribution < 1.29 is 19.6 Å². The van der Waals surface area contributed by atoms with E-state index < -0.39 is 16.3 Å². The van der Waals surface area contributed by atoms with E-state index in [1.54, 1.807) is 6.92 Å². The fourth-order valence-corrected chi connectivity index (χ4v) is 2.76. The van der Waals surface area contributed by atoms with Crippen LogP contribution < -0.4 is 10.1 Å². The van der Waals surface area contributed by atoms with Crippen molar-refractivity contribution in [2.75, 3.05) is 12.4 Å². The van der Waals surface area contributed by atoms with Crippen LogP contribution in [0.5, 0.6) is 5.75 Å². The number of nitro benzene ring substituents is 1. The second-order valence-electron chi connectivity index (χ2n) is 5.45. The number of hydrogen-bond donors (Lipinski definition) is 2. The highest BCUT2D eigenvalue weighted by atomic mass is 16.6. The van der Waals surface area contributed by atoms with Gasteiger partial charge in [-0.15, -0.1) is 0 Å². The molecule has 0 heterocycles. The van der Waals surface area contributed by atoms with E-state index in [-0.39, 0.29) is 11.7 Å². The Kier molecular flexibility index (Phi) is 4.02. The van der Waals surface area contributed by atoms with Crippen molar-refractivity contribution in [3.63, 3.8) is 0 Å². The Hall–Kier alpha value is -2.31. The van der Waals surface area contributed by atoms with Gasteiger partial charge in [0.1, 0.15) is 11.4 Å². The maximum absolute atomic E-state index is 11.5. The standard InChI is InChI=1S/C14H18N2O5/c1-14(13(17)18)7-3-4-12(14)15-10-8-9(21-2)5-6-11(10)16(19)20/h5-6,8,12,15H,3-4,7H2,1-2H3,(H,17,18). The van der Waals surface area contributed by atoms with E-state index in [1.807, 2.05) is 0 Å². The lowest BCUT2D eigenvalue weighted by Gasteiger charge is -2.28. The molecule has 2 rings (SSSR count). The molecule has 0 radical (unpaired) electrons. The van der Waals surface area contributed by atoms with Gasteiger partial charge in [0.2, 0.25) is 0 Å². The first kappa shape index (κ1) is 15.1. The van der Waals surface area contributed by atoms with E-state index in [9.17, 15) is 20.0 Å². The van der Waals surface area contributed by atoms with Crippen molar-refractivity contribution in [3.8, 4) is 5.75 Å². The van der Waals surface area contributed by atoms with Crippen LogP contribution in [0.4, 0.5) is 11.4 Å². The first-order valence-corrected chi connectivity index (χ1v) is 6.71. The first-order chi connectivity index (χ1) is 9.88. The van der Waals surface area contributed by atoms with Crippen LogP contribution in [-0.2, 0) is 4.79 Å². The van der Waals surface area contributed by atoms with Crippen LogP contribution >= 0.6 is 0 Å². The number of rotatable bonds is 5. The average molecular weight is 294 g/mol. The number of carboxylic acids is 1. The molecule has 1 aromatic rings. The summed E-state index contributed by atoms with van der Waals surface area (Å²) in [6, 6.07) is 4.04. The predicted octanol–water partition coefficient (Wildman–Crippen LogP) is 2.66. The molecule has 1 aromatic carbocycles. The molecule has 1 aliphatic rings. The number of aliphatic carboxylic acids is 1. The minimum atomic E-state index is -0.920. The molecule has 21 heavy (non-hydrogen) atoms. The molecule has 7 heteroatoms. The third-order valence-electron chi connectivity index (χ3n) is 4.18. The lowest BCUT2D eigenvalue weighted by atomic mass is 9.85. The van der Waals surface area contributed by atoms with Gasteiger partial charge in [-0.25, -0.2) is 0 Å². The molecule has 0 aromatic heterocycles. The summed E-state index contributed by atoms with van der Waals surface area (Å²) < 4.78 is 5.07. The van der Waals surface area contributed by atoms with Crippen LogP contribution in [0.15, 0.2) is 18.2 Å². The van der Waals surface area contributed by atoms with E-state index in [4.69, 9.17) is 4.74 Å². The van der Waals surface area contributed by atoms with Gasteiger partial charge in [-0.1, -0.05) is 6.42 Å². The van der Waals surface area contributed by atoms with Crippen LogP contribution in [0.3, 0.4) is 0 Å². The number of carboxylic acid groups (broad SMARTS) is 1. The van der Waals surface area contributed by atoms with E-state index in [0.717, 1.165) is 6.42 Å². The van der Waals surface area contributed by atoms with Gasteiger partial charge in [0, 0.05) is 18.2 Å². The molecule has 2 atom stereocenters. The monoisotopic (exact) mass is 294 g/mol. The smallest absolute Gasteiger partial charge is 0.311 e. The average Bonchev–Trinajstić information content (AvgIpc) is 2.81. The Morgan fingerprint density at radius 2 is 2.29 bits per heavy atom. The second kappa shape index (κ2) is 5.59. The molecule has 2 N–H and O–H groups in total. The zero-order valence-electron chi connectivity index (χ0n) is 12.0. The number of carbonyl (C=O) groups is 1. The Morgan fingerprint density at radius 1 is 1.57 bits per heavy atom. The van der Waals surface area contributed by atoms with E-state index in [1.165, 1.54) is 25.3 Å². The van der Waals surface area contributed by atoms with Crippen LogP contribution in [-0.4, -0.2) is 29.2 Å². The number of anilines is 1. The highest BCUT2D eigenvalue weighted by Gasteiger charge is 2.45. The molecule has 7 nitrogen and oxygen atoms in total. The zero-order valence-corrected chi connectivity index (χ0v) is 12.0. The van der Waals surface area contributed by atoms with Crippen LogP contribution in [0, 0.1) is 15.5 Å². The summed E-state index contributed by atoms with van der Waals surface area (Å²) in [6.45, 7) is 1.67. The minimum Gasteiger partial charge on any atom is -0.497 e. The SMILES string of the molecule is COc1ccc([N+](=O)[O-])c(NC2CCCC2(C)C(=O)O)c1. The molecule has 0 spiro atoms. The minimum absolute atomic E-state index is 0.0876. The first-order valence-electron chi connectivity index (χ1n) is 6.71. The van der Waals surface area contributed by atoms with Gasteiger partial charge in [-0.2, -0.15) is 0 Å². The maximum atomic E-state index is 11.5. The molecule has 2 unspecified atom stereocenters. The second-order valence-corrected chi connectivity index (χ2v) is 5.45. The predicted molar refractivity (Wildman–Crippen MR) is 76.7 cm³/mol. The number of benzene rings is 1. The number of hydrogen-bond acceptors (Lipinski definition) is 5. The topological polar surface area (TPSA) is 102 Å². The summed E-state index contributed by atoms with van der Waals surface area (Å²) in [5.41, 5.74) is -0.717. The van der Waals surface area contributed by atoms with Crippen LogP contribution in [0.1, 0.15) is 26.2 Å². The highest BCUT2D eigenvalue weighted by Crippen LogP contribution is 2.41. The lowest BCUT2D eigenvalue weighted by Crippen LogP contribution is -2.40. The summed E-state index contributed by atoms with van der Waals surface area (Å²) >= 11 is 0. The van der Waals surface area contributed by atoms with Gasteiger partial charge in [0.25, 0.3) is 5.69 Å². The van der Waals surface area contributed by atoms with E-state index in [2.05, 4.69) is 5.32 Å². The Balaban J connectivity index is 2.34. The molecule has 1 aliphatic carbocycles. The van der Waals surface area contributed by atoms with Crippen molar-refractivity contribution in [2.45, 2.75) is 32.2 Å². The van der Waals surface area contributed by atoms with Crippen molar-refractivity contribution >= 4 is 17.3 Å². The van der Waals surface area contributed by atoms with Crippen molar-refractivity contribution in [2.24, 2.45) is 5.41 Å². The summed E-state index contributed by atoms with van der Waals surface area (Å²) in [5, 5.41) is 23.5. The molecular formula is C14H18N2O5. The molecule has 0 aliphatic heterocycles. The normalized spacial score (nSPS) is 24.6. The number of nitrogens with zero attached hydrogens (tertiary/aromatic N) is 1. The Morgan fingerprint density at radius 3 is 2.86 bits per heavy atom. The molecule has 1 saturated carbocycles. The number of nitro groups is 1. The number of nitrogens with one attached hydrogen (secondary N) is 1. The highest BCUT2D eigenvalue weighted by molar-refractivity contribution is 5.77. The van der Waals surface area contributed by atoms with Crippen molar-refractivity contribution in [1.29, 1.82) is 0 Å². The van der Waals surface area contributed by atoms with Crippen molar-refractivity contribution in [1.82, 2.24) is 0 Å². The number of methoxy groups -OCH3 is 1. The summed E-state index contributed by atoms with van der Waals surface area (Å²) in [7, 11) is 1.47. The van der Waals surface area contributed by atoms with E-state index >= 15 is 0 Å². The fraction of sp³-hybridized carbons (Fsp3) is 0.500. The fourth-order valence-electron chi connectivity index (χ4n) is 2.76. The van der Waals surface area contributed by atoms with Crippen LogP contribution in [0.2, 0.25) is 0 Å².